The Hall–Kier alpha value is -4.68. The number of nitrogens with zero attached hydrogens (tertiary/aromatic N) is 1. The predicted molar refractivity (Wildman–Crippen MR) is 241 cm³/mol. The number of fused-ring (bicyclic) bond motifs is 8. The molecule has 2 aromatic rings. The van der Waals surface area contributed by atoms with Crippen molar-refractivity contribution in [2.75, 3.05) is 33.1 Å². The normalized spacial score (nSPS) is 29.4. The van der Waals surface area contributed by atoms with E-state index in [-0.39, 0.29) is 40.8 Å². The Labute approximate surface area is 368 Å². The van der Waals surface area contributed by atoms with Crippen molar-refractivity contribution < 1.29 is 34.0 Å². The van der Waals surface area contributed by atoms with Crippen LogP contribution in [0.1, 0.15) is 127 Å². The van der Waals surface area contributed by atoms with Crippen LogP contribution in [0.25, 0.3) is 0 Å². The van der Waals surface area contributed by atoms with Crippen LogP contribution in [0.4, 0.5) is 5.69 Å². The van der Waals surface area contributed by atoms with Crippen molar-refractivity contribution in [3.8, 4) is 47.0 Å². The monoisotopic (exact) mass is 846 g/mol. The molecule has 11 heteroatoms. The van der Waals surface area contributed by atoms with E-state index in [1.807, 2.05) is 25.3 Å². The van der Waals surface area contributed by atoms with E-state index in [2.05, 4.69) is 63.1 Å². The molecule has 11 nitrogen and oxygen atoms in total. The molecule has 0 aromatic heterocycles. The lowest BCUT2D eigenvalue weighted by molar-refractivity contribution is -0.154. The lowest BCUT2D eigenvalue weighted by Crippen LogP contribution is -2.43. The van der Waals surface area contributed by atoms with E-state index in [9.17, 15) is 15.0 Å². The van der Waals surface area contributed by atoms with Gasteiger partial charge in [-0.1, -0.05) is 62.5 Å². The smallest absolute Gasteiger partial charge is 0.207 e. The Bertz CT molecular complexity index is 2120. The maximum absolute atomic E-state index is 14.8. The molecule has 4 saturated carbocycles. The molecule has 332 valence electrons. The molecule has 0 amide bonds. The summed E-state index contributed by atoms with van der Waals surface area (Å²) in [5.41, 5.74) is 1.29. The Kier molecular flexibility index (Phi) is 13.7. The van der Waals surface area contributed by atoms with E-state index in [1.165, 1.54) is 6.42 Å². The van der Waals surface area contributed by atoms with Crippen LogP contribution >= 0.6 is 0 Å². The van der Waals surface area contributed by atoms with E-state index < -0.39 is 17.3 Å². The molecule has 6 aliphatic rings. The van der Waals surface area contributed by atoms with Crippen molar-refractivity contribution in [1.82, 2.24) is 10.6 Å². The Morgan fingerprint density at radius 2 is 1.85 bits per heavy atom. The van der Waals surface area contributed by atoms with Crippen LogP contribution in [0, 0.1) is 47.2 Å². The van der Waals surface area contributed by atoms with Crippen molar-refractivity contribution in [2.45, 2.75) is 145 Å². The highest BCUT2D eigenvalue weighted by atomic mass is 16.6. The third-order valence-corrected chi connectivity index (χ3v) is 15.1. The number of phenols is 1. The summed E-state index contributed by atoms with van der Waals surface area (Å²) in [6.07, 6.45) is 23.0. The second-order valence-electron chi connectivity index (χ2n) is 19.0. The second-order valence-corrected chi connectivity index (χ2v) is 19.0. The highest BCUT2D eigenvalue weighted by Gasteiger charge is 2.49. The van der Waals surface area contributed by atoms with Crippen molar-refractivity contribution >= 4 is 17.4 Å². The molecule has 2 aliphatic heterocycles. The van der Waals surface area contributed by atoms with Gasteiger partial charge in [-0.3, -0.25) is 15.1 Å². The molecule has 6 unspecified atom stereocenters. The molecule has 0 radical (unpaired) electrons. The van der Waals surface area contributed by atoms with Crippen LogP contribution in [0.3, 0.4) is 0 Å². The summed E-state index contributed by atoms with van der Waals surface area (Å²) in [5.74, 6) is 9.29. The van der Waals surface area contributed by atoms with E-state index in [0.717, 1.165) is 94.6 Å². The number of likely N-dealkylation sites (N-methyl/N-ethyl adjacent to an activating group) is 1. The first-order valence-corrected chi connectivity index (χ1v) is 23.2. The lowest BCUT2D eigenvalue weighted by Gasteiger charge is -2.35. The van der Waals surface area contributed by atoms with Gasteiger partial charge in [0, 0.05) is 44.3 Å². The van der Waals surface area contributed by atoms with Gasteiger partial charge in [-0.05, 0) is 136 Å². The minimum atomic E-state index is -0.823. The molecule has 4 aliphatic carbocycles. The summed E-state index contributed by atoms with van der Waals surface area (Å²) >= 11 is 0. The number of anilines is 1. The first-order valence-electron chi connectivity index (χ1n) is 23.2. The number of aromatic hydroxyl groups is 1. The van der Waals surface area contributed by atoms with Gasteiger partial charge in [-0.15, -0.1) is 0 Å². The topological polar surface area (TPSA) is 143 Å². The number of aliphatic hydroxyl groups excluding tert-OH is 1. The van der Waals surface area contributed by atoms with Gasteiger partial charge in [-0.2, -0.15) is 0 Å². The zero-order chi connectivity index (χ0) is 43.2. The number of ketones is 1. The van der Waals surface area contributed by atoms with Crippen LogP contribution in [0.15, 0.2) is 47.5 Å². The van der Waals surface area contributed by atoms with Crippen LogP contribution in [-0.4, -0.2) is 67.7 Å². The summed E-state index contributed by atoms with van der Waals surface area (Å²) in [6.45, 7) is 0.619. The van der Waals surface area contributed by atoms with Crippen molar-refractivity contribution in [2.24, 2.45) is 28.2 Å². The molecular weight excluding hydrogens is 781 g/mol. The highest BCUT2D eigenvalue weighted by molar-refractivity contribution is 5.97. The number of methoxy groups -OCH3 is 1. The van der Waals surface area contributed by atoms with Crippen LogP contribution in [0.5, 0.6) is 23.0 Å². The molecule has 0 saturated heterocycles. The average Bonchev–Trinajstić information content (AvgIpc) is 4.00. The highest BCUT2D eigenvalue weighted by Crippen LogP contribution is 2.53. The van der Waals surface area contributed by atoms with Gasteiger partial charge in [0.05, 0.1) is 18.9 Å². The van der Waals surface area contributed by atoms with E-state index in [0.29, 0.717) is 67.5 Å². The molecule has 8 rings (SSSR count). The number of aliphatic hydroxyl groups is 1. The van der Waals surface area contributed by atoms with Gasteiger partial charge in [-0.25, -0.2) is 0 Å². The number of phenolic OH excluding ortho intramolecular Hbond substituents is 1. The standard InChI is InChI=1S/C51H66N4O7/c1-52-34-50-32-36(37(33-50)28-46(58)61-40-16-5-4-6-17-40)13-12-26-60-47-41-29-39(30-44(47)62-50)49(21-7-8-22-49)23-10-18-45(57)51(31-35-19-20-42(56)43(27-35)59-3)24-9-14-38(51)15-11-25-54-48(53-2)55-41/h10,18-20,27,29-30,36-38,40,46,52,56,58H,4-9,13-17,21-24,28,31-34H2,1-3H3,(H2,53,54,55). The molecule has 62 heavy (non-hydrogen) atoms. The van der Waals surface area contributed by atoms with Gasteiger partial charge >= 0.3 is 0 Å². The molecule has 1 spiro atoms. The second kappa shape index (κ2) is 19.4. The van der Waals surface area contributed by atoms with Gasteiger partial charge in [0.25, 0.3) is 0 Å². The summed E-state index contributed by atoms with van der Waals surface area (Å²) < 4.78 is 25.4. The summed E-state index contributed by atoms with van der Waals surface area (Å²) in [7, 11) is 5.23. The number of ether oxygens (including phenoxy) is 4. The molecule has 5 N–H and O–H groups in total. The molecule has 4 fully saturated rings. The molecule has 6 atom stereocenters. The Morgan fingerprint density at radius 1 is 1.02 bits per heavy atom. The number of benzene rings is 2. The van der Waals surface area contributed by atoms with Crippen LogP contribution < -0.4 is 30.2 Å². The first kappa shape index (κ1) is 43.9. The quantitative estimate of drug-likeness (QED) is 0.124. The first-order chi connectivity index (χ1) is 30.2. The Balaban J connectivity index is 1.15. The fraction of sp³-hybridized carbons (Fsp3) is 0.608. The number of allylic oxidation sites excluding steroid dienone is 2. The van der Waals surface area contributed by atoms with E-state index in [1.54, 1.807) is 20.2 Å². The third kappa shape index (κ3) is 9.47. The fourth-order valence-electron chi connectivity index (χ4n) is 11.9. The predicted octanol–water partition coefficient (Wildman–Crippen LogP) is 8.27. The summed E-state index contributed by atoms with van der Waals surface area (Å²) in [4.78, 5) is 19.3. The molecule has 4 bridgehead atoms. The van der Waals surface area contributed by atoms with E-state index in [4.69, 9.17) is 18.9 Å². The zero-order valence-corrected chi connectivity index (χ0v) is 37.0. The minimum Gasteiger partial charge on any atom is -0.504 e. The number of nitrogens with one attached hydrogen (secondary N) is 3. The SMILES string of the molecule is CN=C1NC#CCC2CCCC2(Cc2ccc(O)c(OC)c2)C(=O)C=CCC2(CCCC2)c2cc(c3c(c2)OC2(CNC)CC(CC#CO3)C(CC(O)OC3CCCCC3)C2)N1. The maximum atomic E-state index is 14.8. The molecule has 2 heterocycles. The van der Waals surface area contributed by atoms with Gasteiger partial charge in [0.1, 0.15) is 11.7 Å². The minimum absolute atomic E-state index is 0.0500. The van der Waals surface area contributed by atoms with Crippen molar-refractivity contribution in [3.63, 3.8) is 0 Å². The number of rotatable bonds is 9. The Morgan fingerprint density at radius 3 is 2.65 bits per heavy atom. The van der Waals surface area contributed by atoms with Crippen LogP contribution in [0.2, 0.25) is 0 Å². The number of carbonyl (C=O) groups excluding carboxylic acids is 1. The number of guanidine groups is 1. The molecule has 2 aromatic carbocycles. The number of aliphatic imine (C=N–C) groups is 1. The third-order valence-electron chi connectivity index (χ3n) is 15.1. The van der Waals surface area contributed by atoms with Crippen molar-refractivity contribution in [3.05, 3.63) is 53.6 Å². The number of hydrogen-bond acceptors (Lipinski definition) is 9. The summed E-state index contributed by atoms with van der Waals surface area (Å²) in [5, 5.41) is 31.8. The number of hydrogen-bond donors (Lipinski definition) is 5. The molecular formula is C51H66N4O7. The average molecular weight is 847 g/mol. The van der Waals surface area contributed by atoms with E-state index >= 15 is 0 Å². The lowest BCUT2D eigenvalue weighted by atomic mass is 9.68. The maximum Gasteiger partial charge on any atom is 0.207 e. The van der Waals surface area contributed by atoms with Gasteiger partial charge in [0.15, 0.2) is 29.3 Å². The largest absolute Gasteiger partial charge is 0.504 e. The van der Waals surface area contributed by atoms with Crippen molar-refractivity contribution in [1.29, 1.82) is 0 Å². The fourth-order valence-corrected chi connectivity index (χ4v) is 11.9. The summed E-state index contributed by atoms with van der Waals surface area (Å²) in [6, 6.07) is 12.9. The van der Waals surface area contributed by atoms with Crippen LogP contribution in [-0.2, 0) is 21.4 Å². The zero-order valence-electron chi connectivity index (χ0n) is 37.0. The van der Waals surface area contributed by atoms with Gasteiger partial charge < -0.3 is 39.8 Å². The van der Waals surface area contributed by atoms with Gasteiger partial charge in [0.2, 0.25) is 11.7 Å². The number of carbonyl (C=O) groups is 1.